The molecule has 0 fully saturated rings. The zero-order chi connectivity index (χ0) is 10.7. The van der Waals surface area contributed by atoms with Crippen LogP contribution in [0.4, 0.5) is 5.82 Å². The second kappa shape index (κ2) is 3.90. The van der Waals surface area contributed by atoms with Crippen molar-refractivity contribution in [3.05, 3.63) is 42.1 Å². The Bertz CT molecular complexity index is 507. The lowest BCUT2D eigenvalue weighted by atomic mass is 10.2. The number of carbonyl (C=O) groups excluding carboxylic acids is 1. The Labute approximate surface area is 86.9 Å². The predicted molar refractivity (Wildman–Crippen MR) is 56.1 cm³/mol. The topological polar surface area (TPSA) is 47.2 Å². The predicted octanol–water partition coefficient (Wildman–Crippen LogP) is 2.15. The van der Waals surface area contributed by atoms with E-state index in [1.54, 1.807) is 16.9 Å². The van der Waals surface area contributed by atoms with Crippen molar-refractivity contribution in [3.63, 3.8) is 0 Å². The summed E-state index contributed by atoms with van der Waals surface area (Å²) in [5.41, 5.74) is 2.05. The number of aliphatic imine (C=N–C) groups is 1. The average molecular weight is 199 g/mol. The van der Waals surface area contributed by atoms with Crippen LogP contribution in [0.15, 0.2) is 41.5 Å². The van der Waals surface area contributed by atoms with E-state index in [1.807, 2.05) is 31.2 Å². The Morgan fingerprint density at radius 1 is 1.27 bits per heavy atom. The number of hydrogen-bond acceptors (Lipinski definition) is 3. The van der Waals surface area contributed by atoms with Crippen molar-refractivity contribution in [1.82, 2.24) is 9.78 Å². The highest BCUT2D eigenvalue weighted by atomic mass is 16.1. The molecule has 74 valence electrons. The summed E-state index contributed by atoms with van der Waals surface area (Å²) in [5, 5.41) is 4.08. The molecule has 1 aromatic heterocycles. The van der Waals surface area contributed by atoms with E-state index in [0.29, 0.717) is 5.82 Å². The summed E-state index contributed by atoms with van der Waals surface area (Å²) in [5.74, 6) is 0.480. The lowest BCUT2D eigenvalue weighted by Crippen LogP contribution is -1.94. The molecule has 0 atom stereocenters. The molecule has 0 aliphatic rings. The molecular weight excluding hydrogens is 190 g/mol. The summed E-state index contributed by atoms with van der Waals surface area (Å²) in [6.07, 6.45) is 3.10. The standard InChI is InChI=1S/C11H9N3O/c1-9-2-4-10(5-3-9)14-11(12-8-15)6-7-13-14/h2-7H,1H3. The van der Waals surface area contributed by atoms with Gasteiger partial charge in [0.05, 0.1) is 11.9 Å². The number of isocyanates is 1. The number of benzene rings is 1. The summed E-state index contributed by atoms with van der Waals surface area (Å²) >= 11 is 0. The Morgan fingerprint density at radius 3 is 2.67 bits per heavy atom. The Balaban J connectivity index is 2.49. The van der Waals surface area contributed by atoms with E-state index in [1.165, 1.54) is 11.6 Å². The van der Waals surface area contributed by atoms with Crippen molar-refractivity contribution in [2.24, 2.45) is 4.99 Å². The van der Waals surface area contributed by atoms with E-state index in [2.05, 4.69) is 10.1 Å². The van der Waals surface area contributed by atoms with Crippen molar-refractivity contribution in [3.8, 4) is 5.69 Å². The second-order valence-electron chi connectivity index (χ2n) is 3.14. The third-order valence-corrected chi connectivity index (χ3v) is 2.06. The number of hydrogen-bond donors (Lipinski definition) is 0. The van der Waals surface area contributed by atoms with Crippen LogP contribution in [0, 0.1) is 6.92 Å². The van der Waals surface area contributed by atoms with Gasteiger partial charge in [-0.15, -0.1) is 4.99 Å². The molecule has 1 aromatic carbocycles. The summed E-state index contributed by atoms with van der Waals surface area (Å²) in [6, 6.07) is 9.46. The molecule has 0 saturated heterocycles. The average Bonchev–Trinajstić information content (AvgIpc) is 2.68. The van der Waals surface area contributed by atoms with E-state index in [4.69, 9.17) is 0 Å². The smallest absolute Gasteiger partial charge is 0.215 e. The van der Waals surface area contributed by atoms with Crippen molar-refractivity contribution in [1.29, 1.82) is 0 Å². The van der Waals surface area contributed by atoms with E-state index in [-0.39, 0.29) is 0 Å². The molecular formula is C11H9N3O. The summed E-state index contributed by atoms with van der Waals surface area (Å²) in [4.78, 5) is 13.7. The van der Waals surface area contributed by atoms with Gasteiger partial charge in [0.25, 0.3) is 0 Å². The zero-order valence-corrected chi connectivity index (χ0v) is 8.21. The van der Waals surface area contributed by atoms with Crippen molar-refractivity contribution in [2.75, 3.05) is 0 Å². The first-order valence-electron chi connectivity index (χ1n) is 4.50. The minimum Gasteiger partial charge on any atom is -0.215 e. The molecule has 0 spiro atoms. The molecule has 0 radical (unpaired) electrons. The maximum absolute atomic E-state index is 10.2. The van der Waals surface area contributed by atoms with Crippen LogP contribution in [-0.2, 0) is 4.79 Å². The van der Waals surface area contributed by atoms with E-state index >= 15 is 0 Å². The molecule has 0 unspecified atom stereocenters. The highest BCUT2D eigenvalue weighted by molar-refractivity contribution is 5.48. The third-order valence-electron chi connectivity index (χ3n) is 2.06. The fraction of sp³-hybridized carbons (Fsp3) is 0.0909. The molecule has 0 aliphatic heterocycles. The number of aryl methyl sites for hydroxylation is 1. The van der Waals surface area contributed by atoms with Crippen LogP contribution < -0.4 is 0 Å². The zero-order valence-electron chi connectivity index (χ0n) is 8.21. The maximum Gasteiger partial charge on any atom is 0.242 e. The van der Waals surface area contributed by atoms with Gasteiger partial charge in [0, 0.05) is 6.07 Å². The minimum atomic E-state index is 0.480. The van der Waals surface area contributed by atoms with Gasteiger partial charge in [0.15, 0.2) is 5.82 Å². The van der Waals surface area contributed by atoms with Crippen molar-refractivity contribution < 1.29 is 4.79 Å². The van der Waals surface area contributed by atoms with E-state index in [0.717, 1.165) is 5.69 Å². The first-order valence-corrected chi connectivity index (χ1v) is 4.50. The molecule has 2 aromatic rings. The van der Waals surface area contributed by atoms with Gasteiger partial charge in [-0.05, 0) is 19.1 Å². The van der Waals surface area contributed by atoms with E-state index < -0.39 is 0 Å². The molecule has 4 nitrogen and oxygen atoms in total. The summed E-state index contributed by atoms with van der Waals surface area (Å²) in [6.45, 7) is 2.01. The van der Waals surface area contributed by atoms with Gasteiger partial charge in [-0.2, -0.15) is 5.10 Å². The van der Waals surface area contributed by atoms with Crippen LogP contribution in [0.5, 0.6) is 0 Å². The van der Waals surface area contributed by atoms with Crippen LogP contribution >= 0.6 is 0 Å². The van der Waals surface area contributed by atoms with Gasteiger partial charge < -0.3 is 0 Å². The van der Waals surface area contributed by atoms with Gasteiger partial charge in [-0.3, -0.25) is 0 Å². The van der Waals surface area contributed by atoms with Crippen LogP contribution in [0.3, 0.4) is 0 Å². The Morgan fingerprint density at radius 2 is 2.00 bits per heavy atom. The van der Waals surface area contributed by atoms with Crippen LogP contribution in [0.25, 0.3) is 5.69 Å². The van der Waals surface area contributed by atoms with Crippen LogP contribution in [0.2, 0.25) is 0 Å². The number of rotatable bonds is 2. The highest BCUT2D eigenvalue weighted by Crippen LogP contribution is 2.16. The Hall–Kier alpha value is -2.19. The van der Waals surface area contributed by atoms with Gasteiger partial charge in [-0.25, -0.2) is 9.48 Å². The van der Waals surface area contributed by atoms with Gasteiger partial charge in [0.1, 0.15) is 0 Å². The SMILES string of the molecule is Cc1ccc(-n2nccc2N=C=O)cc1. The molecule has 1 heterocycles. The Kier molecular flexibility index (Phi) is 2.44. The first kappa shape index (κ1) is 9.37. The molecule has 0 saturated carbocycles. The molecule has 2 rings (SSSR count). The fourth-order valence-electron chi connectivity index (χ4n) is 1.31. The third kappa shape index (κ3) is 1.85. The van der Waals surface area contributed by atoms with Crippen LogP contribution in [0.1, 0.15) is 5.56 Å². The second-order valence-corrected chi connectivity index (χ2v) is 3.14. The molecule has 0 N–H and O–H groups in total. The molecule has 0 aliphatic carbocycles. The summed E-state index contributed by atoms with van der Waals surface area (Å²) in [7, 11) is 0. The molecule has 0 bridgehead atoms. The van der Waals surface area contributed by atoms with Gasteiger partial charge in [-0.1, -0.05) is 17.7 Å². The monoisotopic (exact) mass is 199 g/mol. The van der Waals surface area contributed by atoms with Gasteiger partial charge in [0.2, 0.25) is 6.08 Å². The quantitative estimate of drug-likeness (QED) is 0.549. The summed E-state index contributed by atoms with van der Waals surface area (Å²) < 4.78 is 1.59. The normalized spacial score (nSPS) is 9.67. The maximum atomic E-state index is 10.2. The van der Waals surface area contributed by atoms with Crippen molar-refractivity contribution >= 4 is 11.9 Å². The first-order chi connectivity index (χ1) is 7.31. The number of nitrogens with zero attached hydrogens (tertiary/aromatic N) is 3. The number of aromatic nitrogens is 2. The largest absolute Gasteiger partial charge is 0.242 e. The van der Waals surface area contributed by atoms with E-state index in [9.17, 15) is 4.79 Å². The molecule has 0 amide bonds. The molecule has 4 heteroatoms. The molecule has 15 heavy (non-hydrogen) atoms. The highest BCUT2D eigenvalue weighted by Gasteiger charge is 2.02. The van der Waals surface area contributed by atoms with Gasteiger partial charge >= 0.3 is 0 Å². The minimum absolute atomic E-state index is 0.480. The van der Waals surface area contributed by atoms with Crippen LogP contribution in [-0.4, -0.2) is 15.9 Å². The van der Waals surface area contributed by atoms with Crippen molar-refractivity contribution in [2.45, 2.75) is 6.92 Å². The lowest BCUT2D eigenvalue weighted by molar-refractivity contribution is 0.565. The lowest BCUT2D eigenvalue weighted by Gasteiger charge is -2.02. The fourth-order valence-corrected chi connectivity index (χ4v) is 1.31.